The lowest BCUT2D eigenvalue weighted by Crippen LogP contribution is -2.58. The Labute approximate surface area is 168 Å². The highest BCUT2D eigenvalue weighted by Gasteiger charge is 2.33. The molecule has 154 valence electrons. The molecule has 1 aromatic carbocycles. The van der Waals surface area contributed by atoms with Crippen molar-refractivity contribution in [2.75, 3.05) is 33.3 Å². The molecule has 3 heterocycles. The number of H-pyrrole nitrogens is 2. The van der Waals surface area contributed by atoms with Crippen LogP contribution >= 0.6 is 0 Å². The van der Waals surface area contributed by atoms with Crippen molar-refractivity contribution in [2.24, 2.45) is 0 Å². The summed E-state index contributed by atoms with van der Waals surface area (Å²) in [5.74, 6) is 0.515. The fourth-order valence-corrected chi connectivity index (χ4v) is 3.79. The largest absolute Gasteiger partial charge is 0.493 e. The van der Waals surface area contributed by atoms with Crippen LogP contribution in [-0.2, 0) is 17.8 Å². The van der Waals surface area contributed by atoms with Gasteiger partial charge in [0.15, 0.2) is 0 Å². The number of nitrogens with zero attached hydrogens (tertiary/aromatic N) is 2. The third kappa shape index (κ3) is 4.19. The molecule has 0 spiro atoms. The van der Waals surface area contributed by atoms with Gasteiger partial charge in [-0.1, -0.05) is 12.1 Å². The van der Waals surface area contributed by atoms with Crippen LogP contribution in [0.15, 0.2) is 29.2 Å². The fourth-order valence-electron chi connectivity index (χ4n) is 3.79. The second-order valence-electron chi connectivity index (χ2n) is 7.52. The minimum absolute atomic E-state index is 0.124. The minimum atomic E-state index is -0.445. The molecular formula is C20H25N5O4. The maximum atomic E-state index is 12.8. The summed E-state index contributed by atoms with van der Waals surface area (Å²) in [5.41, 5.74) is 1.98. The number of imidazole rings is 1. The number of aryl methyl sites for hydroxylation is 1. The number of likely N-dealkylation sites (N-methyl/N-ethyl adjacent to an activating group) is 1. The van der Waals surface area contributed by atoms with E-state index in [9.17, 15) is 14.4 Å². The van der Waals surface area contributed by atoms with Gasteiger partial charge in [-0.05, 0) is 37.1 Å². The summed E-state index contributed by atoms with van der Waals surface area (Å²) in [6.45, 7) is 2.52. The van der Waals surface area contributed by atoms with Crippen molar-refractivity contribution < 1.29 is 14.3 Å². The van der Waals surface area contributed by atoms with E-state index in [2.05, 4.69) is 21.4 Å². The summed E-state index contributed by atoms with van der Waals surface area (Å²) in [7, 11) is 1.88. The van der Waals surface area contributed by atoms with Crippen molar-refractivity contribution in [2.45, 2.75) is 25.4 Å². The van der Waals surface area contributed by atoms with Gasteiger partial charge in [0.2, 0.25) is 5.91 Å². The highest BCUT2D eigenvalue weighted by atomic mass is 16.5. The SMILES string of the molecule is CN1CCN(C(=O)c2c[nH]c(=O)[nH]2)C[C@H]1C(=O)NCc1ccc2c(c1)CCCO2. The lowest BCUT2D eigenvalue weighted by atomic mass is 10.0. The highest BCUT2D eigenvalue weighted by molar-refractivity contribution is 5.93. The predicted octanol–water partition coefficient (Wildman–Crippen LogP) is 0.101. The summed E-state index contributed by atoms with van der Waals surface area (Å²) in [6.07, 6.45) is 3.35. The number of benzene rings is 1. The van der Waals surface area contributed by atoms with Crippen LogP contribution < -0.4 is 15.7 Å². The molecule has 0 radical (unpaired) electrons. The average molecular weight is 399 g/mol. The molecule has 0 saturated carbocycles. The van der Waals surface area contributed by atoms with Gasteiger partial charge in [0, 0.05) is 32.4 Å². The first-order chi connectivity index (χ1) is 14.0. The van der Waals surface area contributed by atoms with Crippen LogP contribution in [0.4, 0.5) is 0 Å². The van der Waals surface area contributed by atoms with E-state index in [-0.39, 0.29) is 24.1 Å². The number of piperazine rings is 1. The topological polar surface area (TPSA) is 111 Å². The van der Waals surface area contributed by atoms with E-state index in [0.717, 1.165) is 30.8 Å². The molecule has 2 aromatic rings. The number of aromatic nitrogens is 2. The number of aromatic amines is 2. The monoisotopic (exact) mass is 399 g/mol. The van der Waals surface area contributed by atoms with Crippen molar-refractivity contribution in [1.29, 1.82) is 0 Å². The van der Waals surface area contributed by atoms with Gasteiger partial charge < -0.3 is 24.9 Å². The van der Waals surface area contributed by atoms with E-state index in [1.165, 1.54) is 11.8 Å². The number of hydrogen-bond acceptors (Lipinski definition) is 5. The summed E-state index contributed by atoms with van der Waals surface area (Å²) in [4.78, 5) is 45.1. The van der Waals surface area contributed by atoms with Crippen LogP contribution in [0, 0.1) is 0 Å². The van der Waals surface area contributed by atoms with Gasteiger partial charge in [0.1, 0.15) is 17.5 Å². The highest BCUT2D eigenvalue weighted by Crippen LogP contribution is 2.25. The third-order valence-electron chi connectivity index (χ3n) is 5.50. The number of carbonyl (C=O) groups is 2. The smallest absolute Gasteiger partial charge is 0.323 e. The number of fused-ring (bicyclic) bond motifs is 1. The summed E-state index contributed by atoms with van der Waals surface area (Å²) in [5, 5.41) is 2.99. The Morgan fingerprint density at radius 2 is 2.17 bits per heavy atom. The molecule has 1 saturated heterocycles. The molecule has 2 amide bonds. The van der Waals surface area contributed by atoms with Crippen LogP contribution in [0.2, 0.25) is 0 Å². The molecule has 0 unspecified atom stereocenters. The van der Waals surface area contributed by atoms with Crippen molar-refractivity contribution in [3.05, 3.63) is 51.7 Å². The maximum Gasteiger partial charge on any atom is 0.323 e. The van der Waals surface area contributed by atoms with Crippen LogP contribution in [0.1, 0.15) is 28.0 Å². The zero-order valence-corrected chi connectivity index (χ0v) is 16.4. The zero-order valence-electron chi connectivity index (χ0n) is 16.4. The van der Waals surface area contributed by atoms with Gasteiger partial charge in [-0.2, -0.15) is 0 Å². The fraction of sp³-hybridized carbons (Fsp3) is 0.450. The summed E-state index contributed by atoms with van der Waals surface area (Å²) in [6, 6.07) is 5.56. The van der Waals surface area contributed by atoms with Crippen LogP contribution in [-0.4, -0.2) is 70.9 Å². The molecule has 1 aromatic heterocycles. The summed E-state index contributed by atoms with van der Waals surface area (Å²) >= 11 is 0. The molecule has 0 bridgehead atoms. The lowest BCUT2D eigenvalue weighted by Gasteiger charge is -2.38. The van der Waals surface area contributed by atoms with E-state index < -0.39 is 11.7 Å². The molecule has 1 atom stereocenters. The molecule has 0 aliphatic carbocycles. The number of carbonyl (C=O) groups excluding carboxylic acids is 2. The zero-order chi connectivity index (χ0) is 20.4. The van der Waals surface area contributed by atoms with Crippen LogP contribution in [0.5, 0.6) is 5.75 Å². The van der Waals surface area contributed by atoms with E-state index >= 15 is 0 Å². The number of amides is 2. The normalized spacial score (nSPS) is 19.3. The third-order valence-corrected chi connectivity index (χ3v) is 5.50. The molecule has 2 aliphatic rings. The Kier molecular flexibility index (Phi) is 5.39. The molecule has 9 heteroatoms. The van der Waals surface area contributed by atoms with E-state index in [1.807, 2.05) is 24.1 Å². The number of ether oxygens (including phenoxy) is 1. The number of hydrogen-bond donors (Lipinski definition) is 3. The number of rotatable bonds is 4. The first kappa shape index (κ1) is 19.3. The Balaban J connectivity index is 1.38. The van der Waals surface area contributed by atoms with E-state index in [0.29, 0.717) is 19.6 Å². The van der Waals surface area contributed by atoms with Crippen molar-refractivity contribution in [3.63, 3.8) is 0 Å². The van der Waals surface area contributed by atoms with Gasteiger partial charge >= 0.3 is 5.69 Å². The van der Waals surface area contributed by atoms with Gasteiger partial charge in [0.05, 0.1) is 6.61 Å². The minimum Gasteiger partial charge on any atom is -0.493 e. The number of nitrogens with one attached hydrogen (secondary N) is 3. The lowest BCUT2D eigenvalue weighted by molar-refractivity contribution is -0.127. The van der Waals surface area contributed by atoms with Gasteiger partial charge in [0.25, 0.3) is 5.91 Å². The molecule has 2 aliphatic heterocycles. The molecular weight excluding hydrogens is 374 g/mol. The standard InChI is InChI=1S/C20H25N5O4/c1-24-6-7-25(19(27)15-11-22-20(28)23-15)12-16(24)18(26)21-10-13-4-5-17-14(9-13)3-2-8-29-17/h4-5,9,11,16H,2-3,6-8,10,12H2,1H3,(H,21,26)(H2,22,23,28)/t16-/m0/s1. The molecule has 4 rings (SSSR count). The van der Waals surface area contributed by atoms with Gasteiger partial charge in [-0.15, -0.1) is 0 Å². The molecule has 3 N–H and O–H groups in total. The average Bonchev–Trinajstić information content (AvgIpc) is 3.18. The quantitative estimate of drug-likeness (QED) is 0.676. The predicted molar refractivity (Wildman–Crippen MR) is 106 cm³/mol. The first-order valence-electron chi connectivity index (χ1n) is 9.81. The summed E-state index contributed by atoms with van der Waals surface area (Å²) < 4.78 is 5.63. The van der Waals surface area contributed by atoms with Crippen LogP contribution in [0.25, 0.3) is 0 Å². The Morgan fingerprint density at radius 1 is 1.31 bits per heavy atom. The Bertz CT molecular complexity index is 966. The maximum absolute atomic E-state index is 12.8. The molecule has 29 heavy (non-hydrogen) atoms. The van der Waals surface area contributed by atoms with Crippen LogP contribution in [0.3, 0.4) is 0 Å². The molecule has 1 fully saturated rings. The second kappa shape index (κ2) is 8.12. The first-order valence-corrected chi connectivity index (χ1v) is 9.81. The van der Waals surface area contributed by atoms with Crippen molar-refractivity contribution >= 4 is 11.8 Å². The van der Waals surface area contributed by atoms with Gasteiger partial charge in [-0.25, -0.2) is 4.79 Å². The van der Waals surface area contributed by atoms with E-state index in [4.69, 9.17) is 4.74 Å². The Morgan fingerprint density at radius 3 is 2.97 bits per heavy atom. The second-order valence-corrected chi connectivity index (χ2v) is 7.52. The van der Waals surface area contributed by atoms with Crippen molar-refractivity contribution in [1.82, 2.24) is 25.1 Å². The molecule has 9 nitrogen and oxygen atoms in total. The Hall–Kier alpha value is -3.07. The van der Waals surface area contributed by atoms with Gasteiger partial charge in [-0.3, -0.25) is 14.5 Å². The van der Waals surface area contributed by atoms with Crippen molar-refractivity contribution in [3.8, 4) is 5.75 Å². The van der Waals surface area contributed by atoms with E-state index in [1.54, 1.807) is 4.90 Å².